The van der Waals surface area contributed by atoms with Gasteiger partial charge in [-0.25, -0.2) is 9.59 Å². The van der Waals surface area contributed by atoms with E-state index in [1.807, 2.05) is 24.3 Å². The first-order valence-corrected chi connectivity index (χ1v) is 13.0. The third-order valence-corrected chi connectivity index (χ3v) is 5.69. The molecule has 4 N–H and O–H groups in total. The molecule has 12 heteroatoms. The van der Waals surface area contributed by atoms with E-state index in [9.17, 15) is 14.7 Å². The van der Waals surface area contributed by atoms with Crippen LogP contribution in [0.2, 0.25) is 0 Å². The van der Waals surface area contributed by atoms with Crippen LogP contribution >= 0.6 is 0 Å². The number of nitrogens with zero attached hydrogens (tertiary/aromatic N) is 4. The average molecular weight is 552 g/mol. The Morgan fingerprint density at radius 2 is 1.45 bits per heavy atom. The maximum absolute atomic E-state index is 12.1. The highest BCUT2D eigenvalue weighted by Gasteiger charge is 2.20. The van der Waals surface area contributed by atoms with Gasteiger partial charge in [0, 0.05) is 33.6 Å². The first kappa shape index (κ1) is 29.9. The Hall–Kier alpha value is -4.61. The van der Waals surface area contributed by atoms with Crippen LogP contribution in [0.1, 0.15) is 25.0 Å². The monoisotopic (exact) mass is 551 g/mol. The summed E-state index contributed by atoms with van der Waals surface area (Å²) in [5, 5.41) is 19.2. The summed E-state index contributed by atoms with van der Waals surface area (Å²) in [6.07, 6.45) is 0.380. The Bertz CT molecular complexity index is 1250. The first-order chi connectivity index (χ1) is 19.1. The van der Waals surface area contributed by atoms with Gasteiger partial charge in [0.2, 0.25) is 17.8 Å². The second-order valence-electron chi connectivity index (χ2n) is 9.75. The van der Waals surface area contributed by atoms with Crippen molar-refractivity contribution < 1.29 is 24.2 Å². The van der Waals surface area contributed by atoms with Gasteiger partial charge in [0.15, 0.2) is 0 Å². The number of aromatic nitrogens is 3. The molecule has 0 bridgehead atoms. The number of hydrogen-bond acceptors (Lipinski definition) is 10. The molecule has 0 aliphatic carbocycles. The van der Waals surface area contributed by atoms with Gasteiger partial charge in [-0.15, -0.1) is 0 Å². The number of anilines is 3. The van der Waals surface area contributed by atoms with Crippen molar-refractivity contribution in [3.05, 3.63) is 59.7 Å². The molecule has 0 aliphatic rings. The number of carboxylic acids is 1. The lowest BCUT2D eigenvalue weighted by molar-refractivity contribution is -0.137. The zero-order valence-corrected chi connectivity index (χ0v) is 23.5. The lowest BCUT2D eigenvalue weighted by atomic mass is 10.1. The van der Waals surface area contributed by atoms with E-state index in [2.05, 4.69) is 44.7 Å². The van der Waals surface area contributed by atoms with E-state index < -0.39 is 18.1 Å². The molecular formula is C28H37N7O5. The summed E-state index contributed by atoms with van der Waals surface area (Å²) < 4.78 is 10.4. The van der Waals surface area contributed by atoms with Gasteiger partial charge in [0.25, 0.3) is 0 Å². The molecule has 3 aromatic rings. The molecule has 0 spiro atoms. The predicted octanol–water partition coefficient (Wildman–Crippen LogP) is 3.77. The van der Waals surface area contributed by atoms with Crippen LogP contribution in [-0.4, -0.2) is 77.4 Å². The van der Waals surface area contributed by atoms with Gasteiger partial charge in [0.05, 0.1) is 7.11 Å². The van der Waals surface area contributed by atoms with Crippen LogP contribution in [0, 0.1) is 5.92 Å². The van der Waals surface area contributed by atoms with Crippen molar-refractivity contribution in [1.82, 2.24) is 19.9 Å². The van der Waals surface area contributed by atoms with Gasteiger partial charge in [-0.3, -0.25) is 0 Å². The number of ether oxygens (including phenoxy) is 2. The van der Waals surface area contributed by atoms with E-state index in [0.29, 0.717) is 36.7 Å². The summed E-state index contributed by atoms with van der Waals surface area (Å²) >= 11 is 0. The smallest absolute Gasteiger partial charge is 0.414 e. The highest BCUT2D eigenvalue weighted by atomic mass is 16.6. The Morgan fingerprint density at radius 1 is 0.875 bits per heavy atom. The normalized spacial score (nSPS) is 11.4. The number of methoxy groups -OCH3 is 1. The summed E-state index contributed by atoms with van der Waals surface area (Å²) in [5.74, 6) is 1.26. The van der Waals surface area contributed by atoms with Crippen molar-refractivity contribution in [3.8, 4) is 11.5 Å². The quantitative estimate of drug-likeness (QED) is 0.232. The fourth-order valence-corrected chi connectivity index (χ4v) is 3.48. The molecule has 0 aliphatic heterocycles. The number of aliphatic carboxylic acids is 1. The number of carbonyl (C=O) groups is 2. The molecule has 0 radical (unpaired) electrons. The molecule has 0 unspecified atom stereocenters. The topological polar surface area (TPSA) is 151 Å². The Kier molecular flexibility index (Phi) is 10.9. The SMILES string of the molecule is COc1ccc(CCNc2nc(NCC(C)C)nc(N[C@@H](Cc3ccc(OC(=O)N(C)C)cc3)C(=O)O)n2)cc1. The molecule has 1 atom stereocenters. The summed E-state index contributed by atoms with van der Waals surface area (Å²) in [6.45, 7) is 5.33. The van der Waals surface area contributed by atoms with Crippen LogP contribution in [0.25, 0.3) is 0 Å². The maximum atomic E-state index is 12.1. The van der Waals surface area contributed by atoms with Crippen LogP contribution < -0.4 is 25.4 Å². The Labute approximate surface area is 234 Å². The maximum Gasteiger partial charge on any atom is 0.414 e. The van der Waals surface area contributed by atoms with Crippen molar-refractivity contribution in [2.75, 3.05) is 50.2 Å². The zero-order valence-electron chi connectivity index (χ0n) is 23.5. The van der Waals surface area contributed by atoms with E-state index in [0.717, 1.165) is 23.3 Å². The van der Waals surface area contributed by atoms with Crippen LogP contribution in [0.15, 0.2) is 48.5 Å². The minimum Gasteiger partial charge on any atom is -0.497 e. The third-order valence-electron chi connectivity index (χ3n) is 5.69. The van der Waals surface area contributed by atoms with Crippen molar-refractivity contribution in [1.29, 1.82) is 0 Å². The highest BCUT2D eigenvalue weighted by molar-refractivity contribution is 5.77. The van der Waals surface area contributed by atoms with Crippen molar-refractivity contribution in [2.45, 2.75) is 32.7 Å². The highest BCUT2D eigenvalue weighted by Crippen LogP contribution is 2.17. The van der Waals surface area contributed by atoms with Gasteiger partial charge in [0.1, 0.15) is 17.5 Å². The summed E-state index contributed by atoms with van der Waals surface area (Å²) in [7, 11) is 4.81. The third kappa shape index (κ3) is 9.61. The number of hydrogen-bond donors (Lipinski definition) is 4. The van der Waals surface area contributed by atoms with Crippen LogP contribution in [0.4, 0.5) is 22.6 Å². The van der Waals surface area contributed by atoms with Crippen LogP contribution in [0.3, 0.4) is 0 Å². The number of carbonyl (C=O) groups excluding carboxylic acids is 1. The van der Waals surface area contributed by atoms with E-state index in [1.165, 1.54) is 4.90 Å². The van der Waals surface area contributed by atoms with E-state index in [4.69, 9.17) is 9.47 Å². The molecule has 40 heavy (non-hydrogen) atoms. The molecule has 214 valence electrons. The summed E-state index contributed by atoms with van der Waals surface area (Å²) in [4.78, 5) is 38.4. The number of amides is 1. The van der Waals surface area contributed by atoms with Crippen molar-refractivity contribution >= 4 is 29.9 Å². The molecule has 3 rings (SSSR count). The number of carboxylic acid groups (broad SMARTS) is 1. The van der Waals surface area contributed by atoms with Gasteiger partial charge in [-0.2, -0.15) is 15.0 Å². The molecule has 1 amide bonds. The number of rotatable bonds is 14. The fourth-order valence-electron chi connectivity index (χ4n) is 3.48. The zero-order chi connectivity index (χ0) is 29.1. The number of nitrogens with one attached hydrogen (secondary N) is 3. The summed E-state index contributed by atoms with van der Waals surface area (Å²) in [6, 6.07) is 13.5. The Morgan fingerprint density at radius 3 is 2.02 bits per heavy atom. The largest absolute Gasteiger partial charge is 0.497 e. The van der Waals surface area contributed by atoms with Crippen molar-refractivity contribution in [3.63, 3.8) is 0 Å². The number of benzene rings is 2. The Balaban J connectivity index is 1.70. The molecule has 12 nitrogen and oxygen atoms in total. The van der Waals surface area contributed by atoms with E-state index in [-0.39, 0.29) is 12.4 Å². The standard InChI is InChI=1S/C28H37N7O5/c1-18(2)17-30-26-32-25(29-15-14-19-6-10-21(39-5)11-7-19)33-27(34-26)31-23(24(36)37)16-20-8-12-22(13-9-20)40-28(38)35(3)4/h6-13,18,23H,14-17H2,1-5H3,(H,36,37)(H3,29,30,31,32,33,34)/t23-/m0/s1. The molecule has 0 saturated carbocycles. The molecule has 0 saturated heterocycles. The molecule has 0 fully saturated rings. The second kappa shape index (κ2) is 14.5. The minimum atomic E-state index is -1.06. The van der Waals surface area contributed by atoms with Gasteiger partial charge < -0.3 is 35.4 Å². The average Bonchev–Trinajstić information content (AvgIpc) is 2.92. The molecule has 2 aromatic carbocycles. The molecule has 1 heterocycles. The van der Waals surface area contributed by atoms with Gasteiger partial charge in [-0.1, -0.05) is 38.1 Å². The molecular weight excluding hydrogens is 514 g/mol. The van der Waals surface area contributed by atoms with Gasteiger partial charge in [-0.05, 0) is 47.7 Å². The fraction of sp³-hybridized carbons (Fsp3) is 0.393. The van der Waals surface area contributed by atoms with Crippen LogP contribution in [-0.2, 0) is 17.6 Å². The van der Waals surface area contributed by atoms with E-state index in [1.54, 1.807) is 45.5 Å². The lowest BCUT2D eigenvalue weighted by Crippen LogP contribution is -2.32. The van der Waals surface area contributed by atoms with Gasteiger partial charge >= 0.3 is 12.1 Å². The minimum absolute atomic E-state index is 0.136. The van der Waals surface area contributed by atoms with Crippen LogP contribution in [0.5, 0.6) is 11.5 Å². The summed E-state index contributed by atoms with van der Waals surface area (Å²) in [5.41, 5.74) is 1.85. The van der Waals surface area contributed by atoms with E-state index >= 15 is 0 Å². The first-order valence-electron chi connectivity index (χ1n) is 13.0. The molecule has 1 aromatic heterocycles. The van der Waals surface area contributed by atoms with Crippen molar-refractivity contribution in [2.24, 2.45) is 5.92 Å². The second-order valence-corrected chi connectivity index (χ2v) is 9.75. The predicted molar refractivity (Wildman–Crippen MR) is 153 cm³/mol. The lowest BCUT2D eigenvalue weighted by Gasteiger charge is -2.17.